The van der Waals surface area contributed by atoms with Gasteiger partial charge in [0.25, 0.3) is 0 Å². The summed E-state index contributed by atoms with van der Waals surface area (Å²) < 4.78 is 25.7. The molecule has 0 spiro atoms. The van der Waals surface area contributed by atoms with Crippen LogP contribution in [-0.2, 0) is 19.4 Å². The third-order valence-corrected chi connectivity index (χ3v) is 8.79. The number of amides is 2. The second-order valence-corrected chi connectivity index (χ2v) is 10.8. The molecule has 2 fully saturated rings. The molecule has 1 unspecified atom stereocenters. The molecule has 164 valence electrons. The van der Waals surface area contributed by atoms with Gasteiger partial charge in [-0.1, -0.05) is 31.0 Å². The number of carbonyl (C=O) groups excluding carboxylic acids is 2. The summed E-state index contributed by atoms with van der Waals surface area (Å²) in [6.07, 6.45) is 3.40. The lowest BCUT2D eigenvalue weighted by Crippen LogP contribution is -2.28. The van der Waals surface area contributed by atoms with Gasteiger partial charge in [-0.3, -0.25) is 9.59 Å². The van der Waals surface area contributed by atoms with Gasteiger partial charge in [0.15, 0.2) is 9.84 Å². The van der Waals surface area contributed by atoms with Crippen LogP contribution in [-0.4, -0.2) is 32.0 Å². The number of carbonyl (C=O) groups is 2. The van der Waals surface area contributed by atoms with Gasteiger partial charge < -0.3 is 10.2 Å². The van der Waals surface area contributed by atoms with E-state index in [1.165, 1.54) is 6.07 Å². The Bertz CT molecular complexity index is 1120. The lowest BCUT2D eigenvalue weighted by molar-refractivity contribution is -0.122. The third kappa shape index (κ3) is 4.24. The van der Waals surface area contributed by atoms with E-state index in [4.69, 9.17) is 0 Å². The molecule has 1 aliphatic heterocycles. The average Bonchev–Trinajstić information content (AvgIpc) is 3.41. The zero-order valence-electron chi connectivity index (χ0n) is 17.9. The van der Waals surface area contributed by atoms with E-state index in [0.717, 1.165) is 29.7 Å². The molecule has 1 atom stereocenters. The first-order chi connectivity index (χ1) is 14.8. The van der Waals surface area contributed by atoms with Crippen molar-refractivity contribution in [2.75, 3.05) is 16.8 Å². The monoisotopic (exact) mass is 440 g/mol. The maximum atomic E-state index is 12.9. The highest BCUT2D eigenvalue weighted by molar-refractivity contribution is 7.92. The Morgan fingerprint density at radius 1 is 1.06 bits per heavy atom. The Morgan fingerprint density at radius 3 is 2.52 bits per heavy atom. The van der Waals surface area contributed by atoms with Crippen molar-refractivity contribution in [3.63, 3.8) is 0 Å². The van der Waals surface area contributed by atoms with Crippen molar-refractivity contribution >= 4 is 33.0 Å². The number of nitrogens with zero attached hydrogens (tertiary/aromatic N) is 1. The quantitative estimate of drug-likeness (QED) is 0.761. The number of nitrogens with one attached hydrogen (secondary N) is 1. The molecule has 2 aromatic carbocycles. The first-order valence-electron chi connectivity index (χ1n) is 10.8. The maximum absolute atomic E-state index is 12.9. The van der Waals surface area contributed by atoms with Crippen LogP contribution in [0.15, 0.2) is 47.4 Å². The summed E-state index contributed by atoms with van der Waals surface area (Å²) in [5, 5.41) is 2.49. The largest absolute Gasteiger partial charge is 0.326 e. The van der Waals surface area contributed by atoms with Crippen LogP contribution in [0.1, 0.15) is 43.2 Å². The summed E-state index contributed by atoms with van der Waals surface area (Å²) >= 11 is 0. The van der Waals surface area contributed by atoms with Crippen LogP contribution < -0.4 is 10.2 Å². The topological polar surface area (TPSA) is 83.6 Å². The number of sulfone groups is 1. The fraction of sp³-hybridized carbons (Fsp3) is 0.417. The van der Waals surface area contributed by atoms with Crippen molar-refractivity contribution in [3.05, 3.63) is 53.6 Å². The summed E-state index contributed by atoms with van der Waals surface area (Å²) in [5.41, 5.74) is 3.41. The second kappa shape index (κ2) is 8.46. The number of anilines is 2. The highest BCUT2D eigenvalue weighted by Gasteiger charge is 2.36. The first-order valence-corrected chi connectivity index (χ1v) is 12.3. The first kappa shape index (κ1) is 21.6. The maximum Gasteiger partial charge on any atom is 0.229 e. The van der Waals surface area contributed by atoms with Gasteiger partial charge in [0.2, 0.25) is 11.8 Å². The van der Waals surface area contributed by atoms with Gasteiger partial charge in [-0.25, -0.2) is 8.42 Å². The molecular weight excluding hydrogens is 412 g/mol. The SMILES string of the molecule is Cc1cccc(N2CC(C(=O)Nc3cccc(S(=O)(=O)C4CCCC4)c3)CC2=O)c1C. The van der Waals surface area contributed by atoms with E-state index in [1.54, 1.807) is 23.1 Å². The van der Waals surface area contributed by atoms with Crippen molar-refractivity contribution in [1.29, 1.82) is 0 Å². The Morgan fingerprint density at radius 2 is 1.77 bits per heavy atom. The standard InChI is InChI=1S/C24H28N2O4S/c1-16-7-5-12-22(17(16)2)26-15-18(13-23(26)27)24(28)25-19-8-6-11-21(14-19)31(29,30)20-9-3-4-10-20/h5-8,11-12,14,18,20H,3-4,9-10,13,15H2,1-2H3,(H,25,28). The fourth-order valence-electron chi connectivity index (χ4n) is 4.53. The van der Waals surface area contributed by atoms with Gasteiger partial charge in [-0.2, -0.15) is 0 Å². The molecular formula is C24H28N2O4S. The number of rotatable bonds is 5. The van der Waals surface area contributed by atoms with Crippen LogP contribution in [0.3, 0.4) is 0 Å². The van der Waals surface area contributed by atoms with Crippen molar-refractivity contribution in [3.8, 4) is 0 Å². The van der Waals surface area contributed by atoms with Gasteiger partial charge in [0.1, 0.15) is 0 Å². The lowest BCUT2D eigenvalue weighted by atomic mass is 10.1. The Hall–Kier alpha value is -2.67. The summed E-state index contributed by atoms with van der Waals surface area (Å²) in [4.78, 5) is 27.4. The second-order valence-electron chi connectivity index (χ2n) is 8.59. The molecule has 7 heteroatoms. The van der Waals surface area contributed by atoms with Gasteiger partial charge in [0.05, 0.1) is 16.1 Å². The van der Waals surface area contributed by atoms with Crippen LogP contribution >= 0.6 is 0 Å². The van der Waals surface area contributed by atoms with E-state index >= 15 is 0 Å². The molecule has 1 saturated carbocycles. The van der Waals surface area contributed by atoms with Crippen LogP contribution in [0.2, 0.25) is 0 Å². The molecule has 2 aliphatic rings. The molecule has 6 nitrogen and oxygen atoms in total. The number of benzene rings is 2. The zero-order chi connectivity index (χ0) is 22.2. The summed E-state index contributed by atoms with van der Waals surface area (Å²) in [7, 11) is -3.39. The minimum atomic E-state index is -3.39. The number of hydrogen-bond donors (Lipinski definition) is 1. The van der Waals surface area contributed by atoms with E-state index < -0.39 is 15.8 Å². The molecule has 4 rings (SSSR count). The molecule has 0 radical (unpaired) electrons. The number of aryl methyl sites for hydroxylation is 1. The number of hydrogen-bond acceptors (Lipinski definition) is 4. The Balaban J connectivity index is 1.48. The predicted molar refractivity (Wildman–Crippen MR) is 121 cm³/mol. The lowest BCUT2D eigenvalue weighted by Gasteiger charge is -2.20. The van der Waals surface area contributed by atoms with E-state index in [9.17, 15) is 18.0 Å². The minimum absolute atomic E-state index is 0.0774. The molecule has 1 saturated heterocycles. The van der Waals surface area contributed by atoms with Crippen LogP contribution in [0, 0.1) is 19.8 Å². The summed E-state index contributed by atoms with van der Waals surface area (Å²) in [6, 6.07) is 12.3. The molecule has 0 bridgehead atoms. The molecule has 1 heterocycles. The normalized spacial score (nSPS) is 19.7. The van der Waals surface area contributed by atoms with Crippen LogP contribution in [0.5, 0.6) is 0 Å². The molecule has 2 amide bonds. The van der Waals surface area contributed by atoms with E-state index in [1.807, 2.05) is 32.0 Å². The van der Waals surface area contributed by atoms with Crippen molar-refractivity contribution in [2.45, 2.75) is 56.1 Å². The Kier molecular flexibility index (Phi) is 5.88. The summed E-state index contributed by atoms with van der Waals surface area (Å²) in [5.74, 6) is -0.828. The minimum Gasteiger partial charge on any atom is -0.326 e. The fourth-order valence-corrected chi connectivity index (χ4v) is 6.43. The van der Waals surface area contributed by atoms with Crippen molar-refractivity contribution in [2.24, 2.45) is 5.92 Å². The smallest absolute Gasteiger partial charge is 0.229 e. The summed E-state index contributed by atoms with van der Waals surface area (Å²) in [6.45, 7) is 4.28. The third-order valence-electron chi connectivity index (χ3n) is 6.53. The van der Waals surface area contributed by atoms with Gasteiger partial charge in [0, 0.05) is 24.3 Å². The van der Waals surface area contributed by atoms with Crippen LogP contribution in [0.4, 0.5) is 11.4 Å². The van der Waals surface area contributed by atoms with E-state index in [2.05, 4.69) is 5.32 Å². The Labute approximate surface area is 183 Å². The highest BCUT2D eigenvalue weighted by atomic mass is 32.2. The molecule has 0 aromatic heterocycles. The van der Waals surface area contributed by atoms with Crippen molar-refractivity contribution < 1.29 is 18.0 Å². The molecule has 2 aromatic rings. The molecule has 31 heavy (non-hydrogen) atoms. The van der Waals surface area contributed by atoms with Gasteiger partial charge in [-0.15, -0.1) is 0 Å². The average molecular weight is 441 g/mol. The van der Waals surface area contributed by atoms with Gasteiger partial charge in [-0.05, 0) is 62.1 Å². The van der Waals surface area contributed by atoms with E-state index in [0.29, 0.717) is 25.1 Å². The predicted octanol–water partition coefficient (Wildman–Crippen LogP) is 4.01. The molecule has 1 aliphatic carbocycles. The van der Waals surface area contributed by atoms with Gasteiger partial charge >= 0.3 is 0 Å². The van der Waals surface area contributed by atoms with Crippen LogP contribution in [0.25, 0.3) is 0 Å². The molecule has 1 N–H and O–H groups in total. The zero-order valence-corrected chi connectivity index (χ0v) is 18.7. The highest BCUT2D eigenvalue weighted by Crippen LogP contribution is 2.32. The van der Waals surface area contributed by atoms with E-state index in [-0.39, 0.29) is 28.4 Å². The van der Waals surface area contributed by atoms with Crippen molar-refractivity contribution in [1.82, 2.24) is 0 Å².